The minimum absolute atomic E-state index is 0.130. The Labute approximate surface area is 187 Å². The fourth-order valence-corrected chi connectivity index (χ4v) is 2.48. The van der Waals surface area contributed by atoms with Crippen molar-refractivity contribution < 1.29 is 52.5 Å². The molecule has 172 valence electrons. The zero-order chi connectivity index (χ0) is 24.7. The minimum atomic E-state index is -1.17. The van der Waals surface area contributed by atoms with Crippen LogP contribution in [0.25, 0.3) is 0 Å². The third-order valence-corrected chi connectivity index (χ3v) is 3.46. The van der Waals surface area contributed by atoms with E-state index in [4.69, 9.17) is 23.7 Å². The van der Waals surface area contributed by atoms with E-state index in [9.17, 15) is 28.8 Å². The Morgan fingerprint density at radius 1 is 0.455 bits per heavy atom. The molecule has 0 N–H and O–H groups in total. The number of rotatable bonds is 6. The van der Waals surface area contributed by atoms with Crippen molar-refractivity contribution in [2.45, 2.75) is 27.7 Å². The van der Waals surface area contributed by atoms with Crippen LogP contribution in [0.4, 0.5) is 0 Å². The number of carbonyl (C=O) groups excluding carboxylic acids is 6. The standard InChI is InChI=1S/C22H18O11/c1-11(23)29-17-5-15(6-18(9-17)30-12(2)24)21(27)33-22(28)16-7-19(31-13(3)25)10-20(8-16)32-14(4)26/h5-10H,1-4H3. The number of benzene rings is 2. The topological polar surface area (TPSA) is 149 Å². The molecule has 0 radical (unpaired) electrons. The smallest absolute Gasteiger partial charge is 0.346 e. The molecule has 0 aliphatic rings. The third kappa shape index (κ3) is 7.90. The molecule has 33 heavy (non-hydrogen) atoms. The number of esters is 6. The predicted molar refractivity (Wildman–Crippen MR) is 108 cm³/mol. The Morgan fingerprint density at radius 3 is 0.909 bits per heavy atom. The van der Waals surface area contributed by atoms with Crippen LogP contribution >= 0.6 is 0 Å². The molecule has 11 nitrogen and oxygen atoms in total. The summed E-state index contributed by atoms with van der Waals surface area (Å²) in [4.78, 5) is 70.0. The maximum atomic E-state index is 12.5. The summed E-state index contributed by atoms with van der Waals surface area (Å²) in [5, 5.41) is 0. The summed E-state index contributed by atoms with van der Waals surface area (Å²) in [5.74, 6) is -5.68. The molecule has 0 heterocycles. The van der Waals surface area contributed by atoms with Crippen molar-refractivity contribution in [3.63, 3.8) is 0 Å². The van der Waals surface area contributed by atoms with Gasteiger partial charge in [0.15, 0.2) is 0 Å². The molecular weight excluding hydrogens is 440 g/mol. The van der Waals surface area contributed by atoms with Gasteiger partial charge in [0.2, 0.25) is 0 Å². The van der Waals surface area contributed by atoms with Crippen LogP contribution in [0.2, 0.25) is 0 Å². The van der Waals surface area contributed by atoms with Crippen LogP contribution < -0.4 is 18.9 Å². The van der Waals surface area contributed by atoms with Gasteiger partial charge in [-0.05, 0) is 24.3 Å². The highest BCUT2D eigenvalue weighted by Crippen LogP contribution is 2.26. The Kier molecular flexibility index (Phi) is 7.99. The van der Waals surface area contributed by atoms with E-state index in [1.807, 2.05) is 0 Å². The van der Waals surface area contributed by atoms with Gasteiger partial charge in [0.25, 0.3) is 0 Å². The van der Waals surface area contributed by atoms with Gasteiger partial charge in [-0.1, -0.05) is 0 Å². The largest absolute Gasteiger partial charge is 0.427 e. The first-order valence-electron chi connectivity index (χ1n) is 9.23. The molecule has 0 bridgehead atoms. The zero-order valence-corrected chi connectivity index (χ0v) is 18.0. The summed E-state index contributed by atoms with van der Waals surface area (Å²) in [6.07, 6.45) is 0. The Balaban J connectivity index is 2.34. The molecule has 2 rings (SSSR count). The quantitative estimate of drug-likeness (QED) is 0.357. The Morgan fingerprint density at radius 2 is 0.697 bits per heavy atom. The molecule has 11 heteroatoms. The molecule has 0 unspecified atom stereocenters. The molecule has 0 spiro atoms. The molecule has 0 aromatic heterocycles. The summed E-state index contributed by atoms with van der Waals surface area (Å²) in [7, 11) is 0. The second kappa shape index (κ2) is 10.7. The van der Waals surface area contributed by atoms with Crippen LogP contribution in [0.15, 0.2) is 36.4 Å². The summed E-state index contributed by atoms with van der Waals surface area (Å²) < 4.78 is 24.4. The van der Waals surface area contributed by atoms with Gasteiger partial charge in [0, 0.05) is 39.8 Å². The summed E-state index contributed by atoms with van der Waals surface area (Å²) in [6.45, 7) is 4.49. The maximum Gasteiger partial charge on any atom is 0.346 e. The summed E-state index contributed by atoms with van der Waals surface area (Å²) >= 11 is 0. The lowest BCUT2D eigenvalue weighted by Crippen LogP contribution is -2.15. The molecule has 0 atom stereocenters. The molecular formula is C22H18O11. The van der Waals surface area contributed by atoms with Crippen molar-refractivity contribution in [3.05, 3.63) is 47.5 Å². The van der Waals surface area contributed by atoms with Crippen molar-refractivity contribution in [3.8, 4) is 23.0 Å². The van der Waals surface area contributed by atoms with Gasteiger partial charge in [0.1, 0.15) is 23.0 Å². The maximum absolute atomic E-state index is 12.5. The monoisotopic (exact) mass is 458 g/mol. The average Bonchev–Trinajstić information content (AvgIpc) is 2.65. The van der Waals surface area contributed by atoms with E-state index in [1.165, 1.54) is 12.1 Å². The molecule has 0 aliphatic carbocycles. The molecule has 0 saturated carbocycles. The second-order valence-electron chi connectivity index (χ2n) is 6.44. The van der Waals surface area contributed by atoms with E-state index in [-0.39, 0.29) is 34.1 Å². The zero-order valence-electron chi connectivity index (χ0n) is 18.0. The number of ether oxygens (including phenoxy) is 5. The van der Waals surface area contributed by atoms with E-state index >= 15 is 0 Å². The second-order valence-corrected chi connectivity index (χ2v) is 6.44. The first-order chi connectivity index (χ1) is 15.4. The van der Waals surface area contributed by atoms with Gasteiger partial charge in [-0.3, -0.25) is 19.2 Å². The predicted octanol–water partition coefficient (Wildman–Crippen LogP) is 2.39. The average molecular weight is 458 g/mol. The molecule has 0 saturated heterocycles. The van der Waals surface area contributed by atoms with Crippen molar-refractivity contribution in [2.75, 3.05) is 0 Å². The Bertz CT molecular complexity index is 989. The molecule has 2 aromatic rings. The van der Waals surface area contributed by atoms with E-state index in [1.54, 1.807) is 0 Å². The van der Waals surface area contributed by atoms with Crippen LogP contribution in [-0.4, -0.2) is 35.8 Å². The van der Waals surface area contributed by atoms with Crippen LogP contribution in [0.5, 0.6) is 23.0 Å². The molecule has 0 fully saturated rings. The highest BCUT2D eigenvalue weighted by atomic mass is 16.6. The molecule has 2 aromatic carbocycles. The lowest BCUT2D eigenvalue weighted by atomic mass is 10.2. The SMILES string of the molecule is CC(=O)Oc1cc(OC(C)=O)cc(C(=O)OC(=O)c2cc(OC(C)=O)cc(OC(C)=O)c2)c1. The normalized spacial score (nSPS) is 9.94. The van der Waals surface area contributed by atoms with Crippen LogP contribution in [-0.2, 0) is 23.9 Å². The molecule has 0 aliphatic heterocycles. The van der Waals surface area contributed by atoms with E-state index in [0.717, 1.165) is 52.0 Å². The fourth-order valence-electron chi connectivity index (χ4n) is 2.48. The molecule has 0 amide bonds. The lowest BCUT2D eigenvalue weighted by molar-refractivity contribution is -0.133. The van der Waals surface area contributed by atoms with Crippen molar-refractivity contribution >= 4 is 35.8 Å². The van der Waals surface area contributed by atoms with Gasteiger partial charge < -0.3 is 23.7 Å². The van der Waals surface area contributed by atoms with Gasteiger partial charge in [0.05, 0.1) is 11.1 Å². The Hall–Kier alpha value is -4.54. The van der Waals surface area contributed by atoms with Gasteiger partial charge in [-0.15, -0.1) is 0 Å². The van der Waals surface area contributed by atoms with Crippen molar-refractivity contribution in [2.24, 2.45) is 0 Å². The van der Waals surface area contributed by atoms with E-state index < -0.39 is 35.8 Å². The van der Waals surface area contributed by atoms with Gasteiger partial charge in [-0.25, -0.2) is 9.59 Å². The summed E-state index contributed by atoms with van der Waals surface area (Å²) in [6, 6.07) is 6.78. The van der Waals surface area contributed by atoms with Gasteiger partial charge in [-0.2, -0.15) is 0 Å². The summed E-state index contributed by atoms with van der Waals surface area (Å²) in [5.41, 5.74) is -0.538. The number of carbonyl (C=O) groups is 6. The number of hydrogen-bond acceptors (Lipinski definition) is 11. The van der Waals surface area contributed by atoms with Crippen LogP contribution in [0, 0.1) is 0 Å². The first kappa shape index (κ1) is 24.7. The van der Waals surface area contributed by atoms with E-state index in [0.29, 0.717) is 0 Å². The fraction of sp³-hybridized carbons (Fsp3) is 0.182. The highest BCUT2D eigenvalue weighted by Gasteiger charge is 2.20. The third-order valence-electron chi connectivity index (χ3n) is 3.46. The first-order valence-corrected chi connectivity index (χ1v) is 9.23. The van der Waals surface area contributed by atoms with E-state index in [2.05, 4.69) is 0 Å². The van der Waals surface area contributed by atoms with Crippen LogP contribution in [0.3, 0.4) is 0 Å². The van der Waals surface area contributed by atoms with Gasteiger partial charge >= 0.3 is 35.8 Å². The highest BCUT2D eigenvalue weighted by molar-refractivity contribution is 6.03. The lowest BCUT2D eigenvalue weighted by Gasteiger charge is -2.10. The number of hydrogen-bond donors (Lipinski definition) is 0. The van der Waals surface area contributed by atoms with Crippen LogP contribution in [0.1, 0.15) is 48.4 Å². The minimum Gasteiger partial charge on any atom is -0.427 e. The van der Waals surface area contributed by atoms with Crippen molar-refractivity contribution in [1.82, 2.24) is 0 Å². The van der Waals surface area contributed by atoms with Crippen molar-refractivity contribution in [1.29, 1.82) is 0 Å².